The van der Waals surface area contributed by atoms with Gasteiger partial charge in [0, 0.05) is 29.9 Å². The zero-order valence-electron chi connectivity index (χ0n) is 8.06. The number of hydrogen-bond acceptors (Lipinski definition) is 2. The molecule has 0 aromatic rings. The van der Waals surface area contributed by atoms with Gasteiger partial charge in [-0.15, -0.1) is 0 Å². The summed E-state index contributed by atoms with van der Waals surface area (Å²) in [6.07, 6.45) is 5.06. The van der Waals surface area contributed by atoms with Crippen LogP contribution in [-0.4, -0.2) is 18.0 Å². The molecule has 0 amide bonds. The Kier molecular flexibility index (Phi) is 3.41. The van der Waals surface area contributed by atoms with Crippen molar-refractivity contribution in [1.29, 1.82) is 0 Å². The second-order valence-electron chi connectivity index (χ2n) is 2.95. The first-order valence-corrected chi connectivity index (χ1v) is 4.50. The topological polar surface area (TPSA) is 52.0 Å². The third-order valence-corrected chi connectivity index (χ3v) is 2.05. The van der Waals surface area contributed by atoms with Gasteiger partial charge in [0.15, 0.2) is 0 Å². The molecule has 0 aromatic carbocycles. The Labute approximate surface area is 78.2 Å². The van der Waals surface area contributed by atoms with Gasteiger partial charge < -0.3 is 4.90 Å². The highest BCUT2D eigenvalue weighted by molar-refractivity contribution is 5.27. The van der Waals surface area contributed by atoms with Crippen LogP contribution in [0.4, 0.5) is 0 Å². The minimum Gasteiger partial charge on any atom is -0.373 e. The normalized spacial score (nSPS) is 16.0. The van der Waals surface area contributed by atoms with E-state index in [0.717, 1.165) is 25.2 Å². The number of rotatable bonds is 3. The molecule has 70 valence electrons. The van der Waals surface area contributed by atoms with Crippen LogP contribution in [-0.2, 0) is 0 Å². The Balaban J connectivity index is 2.83. The third-order valence-electron chi connectivity index (χ3n) is 2.05. The summed E-state index contributed by atoms with van der Waals surface area (Å²) in [5.74, 6) is 0. The molecule has 4 heteroatoms. The van der Waals surface area contributed by atoms with Crippen molar-refractivity contribution >= 4 is 0 Å². The Bertz CT molecular complexity index is 284. The minimum absolute atomic E-state index is 0.726. The van der Waals surface area contributed by atoms with Gasteiger partial charge >= 0.3 is 0 Å². The smallest absolute Gasteiger partial charge is 0.0449 e. The summed E-state index contributed by atoms with van der Waals surface area (Å²) < 4.78 is 0. The van der Waals surface area contributed by atoms with E-state index in [-0.39, 0.29) is 0 Å². The molecule has 0 saturated carbocycles. The van der Waals surface area contributed by atoms with Gasteiger partial charge in [-0.2, -0.15) is 0 Å². The summed E-state index contributed by atoms with van der Waals surface area (Å²) in [4.78, 5) is 4.94. The lowest BCUT2D eigenvalue weighted by molar-refractivity contribution is 0.418. The average Bonchev–Trinajstić information content (AvgIpc) is 2.17. The van der Waals surface area contributed by atoms with Gasteiger partial charge in [0.1, 0.15) is 0 Å². The lowest BCUT2D eigenvalue weighted by Gasteiger charge is -2.23. The fourth-order valence-corrected chi connectivity index (χ4v) is 1.30. The molecule has 0 N–H and O–H groups in total. The van der Waals surface area contributed by atoms with Crippen LogP contribution in [0.2, 0.25) is 0 Å². The molecule has 1 heterocycles. The second kappa shape index (κ2) is 4.58. The van der Waals surface area contributed by atoms with E-state index in [9.17, 15) is 0 Å². The van der Waals surface area contributed by atoms with Crippen LogP contribution in [0.15, 0.2) is 28.7 Å². The molecular weight excluding hydrogens is 164 g/mol. The molecule has 0 atom stereocenters. The summed E-state index contributed by atoms with van der Waals surface area (Å²) >= 11 is 0. The number of likely N-dealkylation sites (N-methyl/N-ethyl adjacent to an activating group) is 1. The van der Waals surface area contributed by atoms with Gasteiger partial charge in [-0.05, 0) is 24.4 Å². The molecule has 0 radical (unpaired) electrons. The van der Waals surface area contributed by atoms with E-state index in [1.807, 2.05) is 6.08 Å². The minimum atomic E-state index is 0.726. The molecule has 1 rings (SSSR count). The molecule has 13 heavy (non-hydrogen) atoms. The number of allylic oxidation sites excluding steroid dienone is 2. The van der Waals surface area contributed by atoms with Crippen molar-refractivity contribution in [2.75, 3.05) is 13.1 Å². The molecule has 0 spiro atoms. The van der Waals surface area contributed by atoms with Gasteiger partial charge in [-0.3, -0.25) is 0 Å². The molecule has 0 aliphatic carbocycles. The Morgan fingerprint density at radius 1 is 1.62 bits per heavy atom. The number of hydrogen-bond donors (Lipinski definition) is 0. The number of nitrogens with zero attached hydrogens (tertiary/aromatic N) is 4. The average molecular weight is 178 g/mol. The van der Waals surface area contributed by atoms with Crippen LogP contribution in [0.1, 0.15) is 20.3 Å². The highest BCUT2D eigenvalue weighted by Gasteiger charge is 2.07. The maximum absolute atomic E-state index is 8.32. The summed E-state index contributed by atoms with van der Waals surface area (Å²) in [5, 5.41) is 3.64. The standard InChI is InChI=1S/C9H14N4/c1-3-8-5-9(11-12-10)7-13(4-2)6-8/h5-6H,3-4,7H2,1-2H3. The molecule has 0 unspecified atom stereocenters. The monoisotopic (exact) mass is 178 g/mol. The predicted molar refractivity (Wildman–Crippen MR) is 52.9 cm³/mol. The third kappa shape index (κ3) is 2.53. The fraction of sp³-hybridized carbons (Fsp3) is 0.556. The predicted octanol–water partition coefficient (Wildman–Crippen LogP) is 2.81. The zero-order valence-corrected chi connectivity index (χ0v) is 8.06. The van der Waals surface area contributed by atoms with Crippen LogP contribution in [0, 0.1) is 0 Å². The van der Waals surface area contributed by atoms with Crippen molar-refractivity contribution in [3.63, 3.8) is 0 Å². The summed E-state index contributed by atoms with van der Waals surface area (Å²) in [6, 6.07) is 0. The van der Waals surface area contributed by atoms with E-state index in [0.29, 0.717) is 0 Å². The van der Waals surface area contributed by atoms with Gasteiger partial charge in [0.25, 0.3) is 0 Å². The first-order valence-electron chi connectivity index (χ1n) is 4.50. The second-order valence-corrected chi connectivity index (χ2v) is 2.95. The van der Waals surface area contributed by atoms with E-state index < -0.39 is 0 Å². The van der Waals surface area contributed by atoms with Crippen molar-refractivity contribution < 1.29 is 0 Å². The van der Waals surface area contributed by atoms with Gasteiger partial charge in [0.05, 0.1) is 0 Å². The van der Waals surface area contributed by atoms with E-state index in [1.165, 1.54) is 5.57 Å². The fourth-order valence-electron chi connectivity index (χ4n) is 1.30. The Morgan fingerprint density at radius 2 is 2.38 bits per heavy atom. The van der Waals surface area contributed by atoms with Crippen LogP contribution in [0.5, 0.6) is 0 Å². The maximum Gasteiger partial charge on any atom is 0.0449 e. The van der Waals surface area contributed by atoms with Gasteiger partial charge in [-0.1, -0.05) is 18.1 Å². The van der Waals surface area contributed by atoms with E-state index >= 15 is 0 Å². The number of azide groups is 1. The van der Waals surface area contributed by atoms with Gasteiger partial charge in [-0.25, -0.2) is 0 Å². The van der Waals surface area contributed by atoms with Crippen molar-refractivity contribution in [3.8, 4) is 0 Å². The summed E-state index contributed by atoms with van der Waals surface area (Å²) in [6.45, 7) is 5.85. The molecule has 1 aliphatic heterocycles. The van der Waals surface area contributed by atoms with E-state index in [2.05, 4.69) is 35.0 Å². The van der Waals surface area contributed by atoms with Crippen LogP contribution in [0.25, 0.3) is 10.4 Å². The Hall–Kier alpha value is -1.41. The van der Waals surface area contributed by atoms with Crippen LogP contribution < -0.4 is 0 Å². The van der Waals surface area contributed by atoms with Crippen LogP contribution >= 0.6 is 0 Å². The summed E-state index contributed by atoms with van der Waals surface area (Å²) in [5.41, 5.74) is 10.3. The van der Waals surface area contributed by atoms with Crippen LogP contribution in [0.3, 0.4) is 0 Å². The molecular formula is C9H14N4. The van der Waals surface area contributed by atoms with Crippen molar-refractivity contribution in [1.82, 2.24) is 4.90 Å². The maximum atomic E-state index is 8.32. The lowest BCUT2D eigenvalue weighted by atomic mass is 10.1. The van der Waals surface area contributed by atoms with E-state index in [1.54, 1.807) is 0 Å². The SMILES string of the molecule is CCC1=CN(CC)CC(N=[N+]=[N-])=C1. The van der Waals surface area contributed by atoms with Crippen molar-refractivity contribution in [2.24, 2.45) is 5.11 Å². The van der Waals surface area contributed by atoms with Crippen molar-refractivity contribution in [3.05, 3.63) is 34.0 Å². The quantitative estimate of drug-likeness (QED) is 0.372. The highest BCUT2D eigenvalue weighted by atomic mass is 15.2. The molecule has 4 nitrogen and oxygen atoms in total. The molecule has 1 aliphatic rings. The molecule has 0 saturated heterocycles. The first kappa shape index (κ1) is 9.68. The zero-order chi connectivity index (χ0) is 9.68. The first-order chi connectivity index (χ1) is 6.30. The summed E-state index contributed by atoms with van der Waals surface area (Å²) in [7, 11) is 0. The molecule has 0 bridgehead atoms. The lowest BCUT2D eigenvalue weighted by Crippen LogP contribution is -2.22. The highest BCUT2D eigenvalue weighted by Crippen LogP contribution is 2.16. The largest absolute Gasteiger partial charge is 0.373 e. The van der Waals surface area contributed by atoms with E-state index in [4.69, 9.17) is 5.53 Å². The molecule has 0 aromatic heterocycles. The Morgan fingerprint density at radius 3 is 2.92 bits per heavy atom. The van der Waals surface area contributed by atoms with Crippen molar-refractivity contribution in [2.45, 2.75) is 20.3 Å². The molecule has 0 fully saturated rings. The van der Waals surface area contributed by atoms with Gasteiger partial charge in [0.2, 0.25) is 0 Å².